The van der Waals surface area contributed by atoms with E-state index in [4.69, 9.17) is 16.6 Å². The summed E-state index contributed by atoms with van der Waals surface area (Å²) in [5, 5.41) is 0.893. The van der Waals surface area contributed by atoms with Gasteiger partial charge in [0.05, 0.1) is 5.52 Å². The lowest BCUT2D eigenvalue weighted by Crippen LogP contribution is -2.35. The average molecular weight is 352 g/mol. The Morgan fingerprint density at radius 3 is 2.64 bits per heavy atom. The molecule has 4 nitrogen and oxygen atoms in total. The molecule has 0 bridgehead atoms. The van der Waals surface area contributed by atoms with Crippen LogP contribution in [0.25, 0.3) is 22.0 Å². The lowest BCUT2D eigenvalue weighted by atomic mass is 9.98. The van der Waals surface area contributed by atoms with Crippen molar-refractivity contribution in [2.45, 2.75) is 12.8 Å². The molecule has 0 saturated carbocycles. The molecule has 1 saturated heterocycles. The second-order valence-corrected chi connectivity index (χ2v) is 6.76. The molecule has 25 heavy (non-hydrogen) atoms. The van der Waals surface area contributed by atoms with Crippen molar-refractivity contribution >= 4 is 33.6 Å². The molecule has 5 heteroatoms. The third-order valence-corrected chi connectivity index (χ3v) is 5.12. The van der Waals surface area contributed by atoms with Gasteiger partial charge in [0.25, 0.3) is 0 Å². The van der Waals surface area contributed by atoms with Gasteiger partial charge in [-0.2, -0.15) is 0 Å². The number of hydrogen-bond acceptors (Lipinski definition) is 4. The highest BCUT2D eigenvalue weighted by atomic mass is 35.5. The van der Waals surface area contributed by atoms with E-state index in [9.17, 15) is 4.79 Å². The van der Waals surface area contributed by atoms with Crippen LogP contribution in [0.3, 0.4) is 0 Å². The summed E-state index contributed by atoms with van der Waals surface area (Å²) in [5.74, 6) is 0.947. The number of piperidine rings is 1. The fourth-order valence-electron chi connectivity index (χ4n) is 3.34. The molecule has 3 aromatic rings. The second-order valence-electron chi connectivity index (χ2n) is 6.38. The Balaban J connectivity index is 1.58. The van der Waals surface area contributed by atoms with Crippen molar-refractivity contribution in [2.75, 3.05) is 18.0 Å². The van der Waals surface area contributed by atoms with Gasteiger partial charge >= 0.3 is 0 Å². The molecule has 0 amide bonds. The van der Waals surface area contributed by atoms with Crippen LogP contribution < -0.4 is 4.90 Å². The van der Waals surface area contributed by atoms with Crippen LogP contribution in [0.2, 0.25) is 0 Å². The zero-order valence-corrected chi connectivity index (χ0v) is 14.5. The first-order valence-electron chi connectivity index (χ1n) is 8.46. The maximum atomic E-state index is 11.3. The Hall–Kier alpha value is -2.46. The third kappa shape index (κ3) is 3.35. The third-order valence-electron chi connectivity index (χ3n) is 4.81. The molecule has 1 aromatic carbocycles. The number of carbonyl (C=O) groups excluding carboxylic acids is 1. The lowest BCUT2D eigenvalue weighted by molar-refractivity contribution is -0.115. The summed E-state index contributed by atoms with van der Waals surface area (Å²) in [5.41, 5.74) is 3.21. The molecular weight excluding hydrogens is 334 g/mol. The van der Waals surface area contributed by atoms with Crippen molar-refractivity contribution in [3.8, 4) is 11.1 Å². The van der Waals surface area contributed by atoms with Crippen LogP contribution in [0, 0.1) is 5.92 Å². The molecule has 0 radical (unpaired) electrons. The molecule has 2 aromatic heterocycles. The van der Waals surface area contributed by atoms with E-state index in [1.165, 1.54) is 0 Å². The molecule has 1 aliphatic rings. The van der Waals surface area contributed by atoms with Crippen molar-refractivity contribution in [3.05, 3.63) is 54.9 Å². The summed E-state index contributed by atoms with van der Waals surface area (Å²) >= 11 is 5.62. The van der Waals surface area contributed by atoms with E-state index < -0.39 is 0 Å². The Bertz CT molecular complexity index is 905. The molecule has 0 unspecified atom stereocenters. The number of pyridine rings is 2. The van der Waals surface area contributed by atoms with Gasteiger partial charge in [-0.1, -0.05) is 12.1 Å². The summed E-state index contributed by atoms with van der Waals surface area (Å²) < 4.78 is 0. The predicted octanol–water partition coefficient (Wildman–Crippen LogP) is 4.28. The first-order chi connectivity index (χ1) is 12.2. The van der Waals surface area contributed by atoms with Gasteiger partial charge in [-0.3, -0.25) is 9.78 Å². The van der Waals surface area contributed by atoms with Gasteiger partial charge < -0.3 is 4.90 Å². The smallest absolute Gasteiger partial charge is 0.224 e. The zero-order chi connectivity index (χ0) is 17.2. The number of hydrogen-bond donors (Lipinski definition) is 0. The van der Waals surface area contributed by atoms with Crippen LogP contribution >= 0.6 is 11.6 Å². The lowest BCUT2D eigenvalue weighted by Gasteiger charge is -2.31. The van der Waals surface area contributed by atoms with Crippen molar-refractivity contribution < 1.29 is 4.79 Å². The van der Waals surface area contributed by atoms with Crippen molar-refractivity contribution in [2.24, 2.45) is 5.92 Å². The molecule has 1 fully saturated rings. The number of aromatic nitrogens is 2. The fraction of sp³-hybridized carbons (Fsp3) is 0.250. The maximum Gasteiger partial charge on any atom is 0.224 e. The highest BCUT2D eigenvalue weighted by Crippen LogP contribution is 2.27. The number of anilines is 1. The topological polar surface area (TPSA) is 46.1 Å². The first-order valence-corrected chi connectivity index (χ1v) is 8.84. The molecule has 0 N–H and O–H groups in total. The summed E-state index contributed by atoms with van der Waals surface area (Å²) in [4.78, 5) is 22.5. The van der Waals surface area contributed by atoms with E-state index in [1.54, 1.807) is 6.20 Å². The minimum atomic E-state index is -0.214. The Labute approximate surface area is 151 Å². The highest BCUT2D eigenvalue weighted by Gasteiger charge is 2.24. The standard InChI is InChI=1S/C20H18ClN3O/c21-20(25)14-7-10-24(11-8-14)19-6-4-16-12-15(3-5-18(16)23-19)17-2-1-9-22-13-17/h1-6,9,12-14H,7-8,10-11H2. The van der Waals surface area contributed by atoms with Gasteiger partial charge in [0, 0.05) is 42.4 Å². The molecular formula is C20H18ClN3O. The number of carbonyl (C=O) groups is 1. The Morgan fingerprint density at radius 2 is 1.92 bits per heavy atom. The van der Waals surface area contributed by atoms with E-state index >= 15 is 0 Å². The second kappa shape index (κ2) is 6.81. The van der Waals surface area contributed by atoms with Gasteiger partial charge in [-0.05, 0) is 60.3 Å². The Morgan fingerprint density at radius 1 is 1.08 bits per heavy atom. The molecule has 1 aliphatic heterocycles. The molecule has 0 aliphatic carbocycles. The van der Waals surface area contributed by atoms with Crippen molar-refractivity contribution in [1.29, 1.82) is 0 Å². The van der Waals surface area contributed by atoms with E-state index in [0.29, 0.717) is 0 Å². The summed E-state index contributed by atoms with van der Waals surface area (Å²) in [7, 11) is 0. The molecule has 0 spiro atoms. The molecule has 126 valence electrons. The quantitative estimate of drug-likeness (QED) is 0.661. The van der Waals surface area contributed by atoms with E-state index in [2.05, 4.69) is 46.3 Å². The number of halogens is 1. The number of nitrogens with zero attached hydrogens (tertiary/aromatic N) is 3. The number of benzene rings is 1. The van der Waals surface area contributed by atoms with Gasteiger partial charge in [-0.15, -0.1) is 0 Å². The SMILES string of the molecule is O=C(Cl)C1CCN(c2ccc3cc(-c4cccnc4)ccc3n2)CC1. The highest BCUT2D eigenvalue weighted by molar-refractivity contribution is 6.64. The van der Waals surface area contributed by atoms with Gasteiger partial charge in [0.15, 0.2) is 0 Å². The van der Waals surface area contributed by atoms with E-state index in [1.807, 2.05) is 12.3 Å². The first kappa shape index (κ1) is 16.0. The predicted molar refractivity (Wildman–Crippen MR) is 101 cm³/mol. The number of rotatable bonds is 3. The van der Waals surface area contributed by atoms with Crippen molar-refractivity contribution in [3.63, 3.8) is 0 Å². The van der Waals surface area contributed by atoms with Crippen LogP contribution in [0.15, 0.2) is 54.9 Å². The van der Waals surface area contributed by atoms with Gasteiger partial charge in [-0.25, -0.2) is 4.98 Å². The van der Waals surface area contributed by atoms with Crippen LogP contribution in [-0.4, -0.2) is 28.3 Å². The number of fused-ring (bicyclic) bond motifs is 1. The zero-order valence-electron chi connectivity index (χ0n) is 13.7. The van der Waals surface area contributed by atoms with Crippen molar-refractivity contribution in [1.82, 2.24) is 9.97 Å². The van der Waals surface area contributed by atoms with Gasteiger partial charge in [0.1, 0.15) is 5.82 Å². The van der Waals surface area contributed by atoms with Crippen LogP contribution in [0.5, 0.6) is 0 Å². The molecule has 0 atom stereocenters. The molecule has 4 rings (SSSR count). The van der Waals surface area contributed by atoms with Crippen LogP contribution in [0.4, 0.5) is 5.82 Å². The van der Waals surface area contributed by atoms with Crippen LogP contribution in [-0.2, 0) is 4.79 Å². The molecule has 3 heterocycles. The fourth-order valence-corrected chi connectivity index (χ4v) is 3.56. The minimum Gasteiger partial charge on any atom is -0.357 e. The van der Waals surface area contributed by atoms with E-state index in [-0.39, 0.29) is 11.2 Å². The monoisotopic (exact) mass is 351 g/mol. The normalized spacial score (nSPS) is 15.5. The maximum absolute atomic E-state index is 11.3. The summed E-state index contributed by atoms with van der Waals surface area (Å²) in [6.07, 6.45) is 5.23. The average Bonchev–Trinajstić information content (AvgIpc) is 2.68. The van der Waals surface area contributed by atoms with E-state index in [0.717, 1.165) is 53.8 Å². The van der Waals surface area contributed by atoms with Crippen LogP contribution in [0.1, 0.15) is 12.8 Å². The summed E-state index contributed by atoms with van der Waals surface area (Å²) in [6, 6.07) is 14.4. The van der Waals surface area contributed by atoms with Gasteiger partial charge in [0.2, 0.25) is 5.24 Å². The summed E-state index contributed by atoms with van der Waals surface area (Å²) in [6.45, 7) is 1.63. The minimum absolute atomic E-state index is 0.0135. The largest absolute Gasteiger partial charge is 0.357 e. The Kier molecular flexibility index (Phi) is 4.36.